The van der Waals surface area contributed by atoms with Gasteiger partial charge in [0.1, 0.15) is 5.78 Å². The maximum atomic E-state index is 11.0. The molecule has 2 unspecified atom stereocenters. The Morgan fingerprint density at radius 1 is 1.75 bits per heavy atom. The van der Waals surface area contributed by atoms with Crippen molar-refractivity contribution in [3.05, 3.63) is 18.2 Å². The molecule has 1 saturated carbocycles. The molecule has 1 aromatic rings. The zero-order chi connectivity index (χ0) is 8.72. The van der Waals surface area contributed by atoms with E-state index in [4.69, 9.17) is 0 Å². The molecule has 0 spiro atoms. The van der Waals surface area contributed by atoms with Gasteiger partial charge in [-0.15, -0.1) is 0 Å². The van der Waals surface area contributed by atoms with Crippen molar-refractivity contribution in [3.63, 3.8) is 0 Å². The van der Waals surface area contributed by atoms with Crippen LogP contribution in [-0.2, 0) is 11.8 Å². The number of rotatable bonds is 2. The first kappa shape index (κ1) is 7.53. The quantitative estimate of drug-likeness (QED) is 0.656. The van der Waals surface area contributed by atoms with Crippen molar-refractivity contribution in [2.24, 2.45) is 13.0 Å². The Labute approximate surface area is 71.4 Å². The minimum absolute atomic E-state index is 0.250. The van der Waals surface area contributed by atoms with E-state index in [9.17, 15) is 4.79 Å². The molecule has 0 aliphatic heterocycles. The summed E-state index contributed by atoms with van der Waals surface area (Å²) in [6.45, 7) is 1.66. The van der Waals surface area contributed by atoms with Crippen molar-refractivity contribution in [1.29, 1.82) is 0 Å². The summed E-state index contributed by atoms with van der Waals surface area (Å²) in [5, 5.41) is 0. The second kappa shape index (κ2) is 2.44. The summed E-state index contributed by atoms with van der Waals surface area (Å²) < 4.78 is 1.92. The zero-order valence-corrected chi connectivity index (χ0v) is 7.32. The first-order valence-electron chi connectivity index (χ1n) is 4.17. The Morgan fingerprint density at radius 3 is 2.92 bits per heavy atom. The van der Waals surface area contributed by atoms with Crippen LogP contribution >= 0.6 is 0 Å². The first-order valence-corrected chi connectivity index (χ1v) is 4.17. The molecule has 2 atom stereocenters. The highest BCUT2D eigenvalue weighted by molar-refractivity contribution is 5.82. The highest BCUT2D eigenvalue weighted by Gasteiger charge is 2.43. The molecule has 1 fully saturated rings. The van der Waals surface area contributed by atoms with Crippen LogP contribution in [0.2, 0.25) is 0 Å². The molecular weight excluding hydrogens is 152 g/mol. The topological polar surface area (TPSA) is 34.9 Å². The molecule has 0 radical (unpaired) electrons. The van der Waals surface area contributed by atoms with E-state index in [2.05, 4.69) is 4.98 Å². The lowest BCUT2D eigenvalue weighted by atomic mass is 10.2. The summed E-state index contributed by atoms with van der Waals surface area (Å²) in [7, 11) is 1.95. The summed E-state index contributed by atoms with van der Waals surface area (Å²) in [4.78, 5) is 15.2. The van der Waals surface area contributed by atoms with E-state index < -0.39 is 0 Å². The Morgan fingerprint density at radius 2 is 2.50 bits per heavy atom. The van der Waals surface area contributed by atoms with Crippen LogP contribution < -0.4 is 0 Å². The fourth-order valence-electron chi connectivity index (χ4n) is 1.60. The number of nitrogens with zero attached hydrogens (tertiary/aromatic N) is 2. The third-order valence-corrected chi connectivity index (χ3v) is 2.42. The summed E-state index contributed by atoms with van der Waals surface area (Å²) in [6, 6.07) is 0. The summed E-state index contributed by atoms with van der Waals surface area (Å²) in [5.41, 5.74) is 1.07. The van der Waals surface area contributed by atoms with Crippen LogP contribution in [0, 0.1) is 5.92 Å². The predicted molar refractivity (Wildman–Crippen MR) is 44.7 cm³/mol. The predicted octanol–water partition coefficient (Wildman–Crippen LogP) is 1.11. The maximum Gasteiger partial charge on any atom is 0.133 e. The average molecular weight is 164 g/mol. The Balaban J connectivity index is 2.10. The number of hydrogen-bond acceptors (Lipinski definition) is 2. The molecule has 1 aliphatic carbocycles. The summed E-state index contributed by atoms with van der Waals surface area (Å²) in [6.07, 6.45) is 4.77. The molecule has 1 aromatic heterocycles. The van der Waals surface area contributed by atoms with E-state index in [0.717, 1.165) is 12.1 Å². The Kier molecular flexibility index (Phi) is 1.53. The summed E-state index contributed by atoms with van der Waals surface area (Å²) >= 11 is 0. The van der Waals surface area contributed by atoms with E-state index in [1.807, 2.05) is 17.8 Å². The fraction of sp³-hybridized carbons (Fsp3) is 0.556. The fourth-order valence-corrected chi connectivity index (χ4v) is 1.60. The molecule has 0 N–H and O–H groups in total. The smallest absolute Gasteiger partial charge is 0.133 e. The maximum absolute atomic E-state index is 11.0. The number of carbonyl (C=O) groups excluding carboxylic acids is 1. The van der Waals surface area contributed by atoms with Gasteiger partial charge in [-0.25, -0.2) is 4.98 Å². The van der Waals surface area contributed by atoms with Crippen molar-refractivity contribution in [1.82, 2.24) is 9.55 Å². The lowest BCUT2D eigenvalue weighted by Crippen LogP contribution is -1.94. The minimum atomic E-state index is 0.250. The molecule has 3 nitrogen and oxygen atoms in total. The molecule has 12 heavy (non-hydrogen) atoms. The van der Waals surface area contributed by atoms with Gasteiger partial charge < -0.3 is 4.57 Å². The SMILES string of the molecule is CC(=O)C1CC1c1cn(C)cn1. The van der Waals surface area contributed by atoms with Gasteiger partial charge in [0.05, 0.1) is 12.0 Å². The largest absolute Gasteiger partial charge is 0.340 e. The van der Waals surface area contributed by atoms with Gasteiger partial charge >= 0.3 is 0 Å². The van der Waals surface area contributed by atoms with Crippen molar-refractivity contribution in [3.8, 4) is 0 Å². The summed E-state index contributed by atoms with van der Waals surface area (Å²) in [5.74, 6) is 0.953. The number of carbonyl (C=O) groups is 1. The molecule has 0 amide bonds. The average Bonchev–Trinajstić information content (AvgIpc) is 2.70. The third-order valence-electron chi connectivity index (χ3n) is 2.42. The third kappa shape index (κ3) is 1.15. The van der Waals surface area contributed by atoms with Crippen LogP contribution in [0.5, 0.6) is 0 Å². The second-order valence-corrected chi connectivity index (χ2v) is 3.52. The number of Topliss-reactive ketones (excluding diaryl/α,β-unsaturated/α-hetero) is 1. The molecule has 0 saturated heterocycles. The van der Waals surface area contributed by atoms with Gasteiger partial charge in [0, 0.05) is 25.1 Å². The highest BCUT2D eigenvalue weighted by atomic mass is 16.1. The van der Waals surface area contributed by atoms with Gasteiger partial charge in [-0.2, -0.15) is 0 Å². The van der Waals surface area contributed by atoms with E-state index in [1.54, 1.807) is 13.3 Å². The number of imidazole rings is 1. The van der Waals surface area contributed by atoms with Crippen LogP contribution in [0.1, 0.15) is 25.0 Å². The van der Waals surface area contributed by atoms with E-state index in [-0.39, 0.29) is 5.92 Å². The molecule has 1 aliphatic rings. The van der Waals surface area contributed by atoms with E-state index in [1.165, 1.54) is 0 Å². The lowest BCUT2D eigenvalue weighted by Gasteiger charge is -1.89. The van der Waals surface area contributed by atoms with E-state index >= 15 is 0 Å². The van der Waals surface area contributed by atoms with Gasteiger partial charge in [-0.05, 0) is 13.3 Å². The highest BCUT2D eigenvalue weighted by Crippen LogP contribution is 2.46. The normalized spacial score (nSPS) is 27.2. The standard InChI is InChI=1S/C9H12N2O/c1-6(12)7-3-8(7)9-4-11(2)5-10-9/h4-5,7-8H,3H2,1-2H3. The Hall–Kier alpha value is -1.12. The molecule has 0 aromatic carbocycles. The Bertz CT molecular complexity index is 316. The van der Waals surface area contributed by atoms with Crippen LogP contribution in [0.3, 0.4) is 0 Å². The van der Waals surface area contributed by atoms with Gasteiger partial charge in [0.25, 0.3) is 0 Å². The molecule has 3 heteroatoms. The minimum Gasteiger partial charge on any atom is -0.340 e. The van der Waals surface area contributed by atoms with Gasteiger partial charge in [0.2, 0.25) is 0 Å². The van der Waals surface area contributed by atoms with Crippen LogP contribution in [0.4, 0.5) is 0 Å². The van der Waals surface area contributed by atoms with Gasteiger partial charge in [-0.3, -0.25) is 4.79 Å². The first-order chi connectivity index (χ1) is 5.68. The van der Waals surface area contributed by atoms with Crippen LogP contribution in [-0.4, -0.2) is 15.3 Å². The van der Waals surface area contributed by atoms with Crippen molar-refractivity contribution < 1.29 is 4.79 Å². The van der Waals surface area contributed by atoms with Crippen LogP contribution in [0.15, 0.2) is 12.5 Å². The molecular formula is C9H12N2O. The van der Waals surface area contributed by atoms with Gasteiger partial charge in [-0.1, -0.05) is 0 Å². The lowest BCUT2D eigenvalue weighted by molar-refractivity contribution is -0.118. The van der Waals surface area contributed by atoms with Crippen molar-refractivity contribution in [2.45, 2.75) is 19.3 Å². The number of aromatic nitrogens is 2. The van der Waals surface area contributed by atoms with Crippen molar-refractivity contribution >= 4 is 5.78 Å². The second-order valence-electron chi connectivity index (χ2n) is 3.52. The monoisotopic (exact) mass is 164 g/mol. The number of hydrogen-bond donors (Lipinski definition) is 0. The molecule has 1 heterocycles. The molecule has 64 valence electrons. The number of aryl methyl sites for hydroxylation is 1. The van der Waals surface area contributed by atoms with Crippen LogP contribution in [0.25, 0.3) is 0 Å². The molecule has 0 bridgehead atoms. The molecule has 2 rings (SSSR count). The van der Waals surface area contributed by atoms with Crippen molar-refractivity contribution in [2.75, 3.05) is 0 Å². The van der Waals surface area contributed by atoms with E-state index in [0.29, 0.717) is 11.7 Å². The van der Waals surface area contributed by atoms with Gasteiger partial charge in [0.15, 0.2) is 0 Å². The zero-order valence-electron chi connectivity index (χ0n) is 7.32. The number of ketones is 1.